The minimum absolute atomic E-state index is 0.165. The maximum Gasteiger partial charge on any atom is 0.435 e. The first kappa shape index (κ1) is 22.2. The summed E-state index contributed by atoms with van der Waals surface area (Å²) in [4.78, 5) is 14.7. The predicted molar refractivity (Wildman–Crippen MR) is 103 cm³/mol. The van der Waals surface area contributed by atoms with Crippen molar-refractivity contribution in [1.82, 2.24) is 25.2 Å². The Hall–Kier alpha value is -2.49. The number of aromatic nitrogens is 3. The van der Waals surface area contributed by atoms with Crippen LogP contribution in [0.5, 0.6) is 0 Å². The van der Waals surface area contributed by atoms with Gasteiger partial charge in [0.15, 0.2) is 11.4 Å². The van der Waals surface area contributed by atoms with Gasteiger partial charge in [-0.3, -0.25) is 4.79 Å². The summed E-state index contributed by atoms with van der Waals surface area (Å²) in [5.41, 5.74) is -2.32. The molecule has 1 aliphatic heterocycles. The molecule has 164 valence electrons. The van der Waals surface area contributed by atoms with Crippen LogP contribution in [0.15, 0.2) is 24.3 Å². The smallest absolute Gasteiger partial charge is 0.351 e. The molecule has 1 fully saturated rings. The van der Waals surface area contributed by atoms with E-state index in [0.29, 0.717) is 22.9 Å². The summed E-state index contributed by atoms with van der Waals surface area (Å²) in [5.74, 6) is -0.458. The molecule has 2 unspecified atom stereocenters. The second-order valence-corrected chi connectivity index (χ2v) is 7.99. The number of rotatable bonds is 6. The van der Waals surface area contributed by atoms with Gasteiger partial charge in [-0.05, 0) is 49.4 Å². The molecular weight excluding hydrogens is 402 g/mol. The zero-order chi connectivity index (χ0) is 21.9. The highest BCUT2D eigenvalue weighted by molar-refractivity contribution is 5.93. The first-order chi connectivity index (χ1) is 14.1. The summed E-state index contributed by atoms with van der Waals surface area (Å²) < 4.78 is 54.7. The molecule has 1 saturated heterocycles. The highest BCUT2D eigenvalue weighted by atomic mass is 19.4. The minimum atomic E-state index is -4.89. The van der Waals surface area contributed by atoms with E-state index in [1.807, 2.05) is 0 Å². The predicted octanol–water partition coefficient (Wildman–Crippen LogP) is 3.52. The summed E-state index contributed by atoms with van der Waals surface area (Å²) >= 11 is 0. The lowest BCUT2D eigenvalue weighted by atomic mass is 9.92. The van der Waals surface area contributed by atoms with Gasteiger partial charge < -0.3 is 10.2 Å². The van der Waals surface area contributed by atoms with Crippen molar-refractivity contribution < 1.29 is 22.4 Å². The number of likely N-dealkylation sites (tertiary alicyclic amines) is 1. The zero-order valence-electron chi connectivity index (χ0n) is 16.9. The number of benzene rings is 1. The number of halogens is 4. The number of alkyl halides is 3. The van der Waals surface area contributed by atoms with Crippen molar-refractivity contribution in [3.63, 3.8) is 0 Å². The number of amides is 1. The standard InChI is InChI=1S/C20H25F4N5O/c1-13-9-14(2)12-28(11-13)8-4-7-25-19(30)17-18(20(22,23)24)29(27-26-17)16-6-3-5-15(21)10-16/h3,5-6,10,13-14H,4,7-9,11-12H2,1-2H3,(H,25,30). The normalized spacial score (nSPS) is 20.3. The average Bonchev–Trinajstić information content (AvgIpc) is 3.10. The Labute approximate surface area is 172 Å². The molecular formula is C20H25F4N5O. The van der Waals surface area contributed by atoms with Crippen molar-refractivity contribution >= 4 is 5.91 Å². The van der Waals surface area contributed by atoms with Gasteiger partial charge in [-0.2, -0.15) is 13.2 Å². The number of nitrogens with one attached hydrogen (secondary N) is 1. The Morgan fingerprint density at radius 1 is 1.23 bits per heavy atom. The second kappa shape index (κ2) is 9.11. The van der Waals surface area contributed by atoms with Crippen LogP contribution in [0.3, 0.4) is 0 Å². The summed E-state index contributed by atoms with van der Waals surface area (Å²) in [7, 11) is 0. The molecule has 30 heavy (non-hydrogen) atoms. The van der Waals surface area contributed by atoms with E-state index in [1.54, 1.807) is 0 Å². The Bertz CT molecular complexity index is 872. The van der Waals surface area contributed by atoms with E-state index in [-0.39, 0.29) is 12.2 Å². The van der Waals surface area contributed by atoms with Crippen LogP contribution in [0, 0.1) is 17.7 Å². The lowest BCUT2D eigenvalue weighted by Crippen LogP contribution is -2.40. The number of piperidine rings is 1. The quantitative estimate of drug-likeness (QED) is 0.566. The van der Waals surface area contributed by atoms with Crippen molar-refractivity contribution in [2.24, 2.45) is 11.8 Å². The van der Waals surface area contributed by atoms with Crippen molar-refractivity contribution in [2.45, 2.75) is 32.9 Å². The average molecular weight is 427 g/mol. The van der Waals surface area contributed by atoms with Crippen LogP contribution in [0.25, 0.3) is 5.69 Å². The van der Waals surface area contributed by atoms with Crippen molar-refractivity contribution in [3.8, 4) is 5.69 Å². The Balaban J connectivity index is 1.66. The van der Waals surface area contributed by atoms with Crippen LogP contribution in [0.1, 0.15) is 42.9 Å². The maximum atomic E-state index is 13.6. The number of carbonyl (C=O) groups excluding carboxylic acids is 1. The third-order valence-electron chi connectivity index (χ3n) is 5.09. The van der Waals surface area contributed by atoms with E-state index in [9.17, 15) is 22.4 Å². The highest BCUT2D eigenvalue weighted by Crippen LogP contribution is 2.32. The van der Waals surface area contributed by atoms with Crippen LogP contribution >= 0.6 is 0 Å². The van der Waals surface area contributed by atoms with Gasteiger partial charge in [0.1, 0.15) is 5.82 Å². The molecule has 2 heterocycles. The van der Waals surface area contributed by atoms with Gasteiger partial charge in [0.2, 0.25) is 0 Å². The number of hydrogen-bond donors (Lipinski definition) is 1. The molecule has 1 aromatic heterocycles. The van der Waals surface area contributed by atoms with Crippen LogP contribution in [-0.2, 0) is 6.18 Å². The van der Waals surface area contributed by atoms with E-state index >= 15 is 0 Å². The summed E-state index contributed by atoms with van der Waals surface area (Å²) in [6.07, 6.45) is -3.08. The molecule has 0 saturated carbocycles. The first-order valence-electron chi connectivity index (χ1n) is 9.94. The highest BCUT2D eigenvalue weighted by Gasteiger charge is 2.42. The zero-order valence-corrected chi connectivity index (χ0v) is 16.9. The second-order valence-electron chi connectivity index (χ2n) is 7.99. The summed E-state index contributed by atoms with van der Waals surface area (Å²) in [5, 5.41) is 9.36. The van der Waals surface area contributed by atoms with Crippen LogP contribution in [0.2, 0.25) is 0 Å². The van der Waals surface area contributed by atoms with Gasteiger partial charge in [-0.25, -0.2) is 9.07 Å². The van der Waals surface area contributed by atoms with E-state index < -0.39 is 29.3 Å². The van der Waals surface area contributed by atoms with Crippen LogP contribution in [0.4, 0.5) is 17.6 Å². The maximum absolute atomic E-state index is 13.6. The Kier molecular flexibility index (Phi) is 6.74. The monoisotopic (exact) mass is 427 g/mol. The molecule has 1 N–H and O–H groups in total. The molecule has 1 aliphatic rings. The molecule has 0 aliphatic carbocycles. The van der Waals surface area contributed by atoms with Crippen molar-refractivity contribution in [2.75, 3.05) is 26.2 Å². The van der Waals surface area contributed by atoms with E-state index in [0.717, 1.165) is 31.8 Å². The van der Waals surface area contributed by atoms with Crippen molar-refractivity contribution in [3.05, 3.63) is 41.5 Å². The first-order valence-corrected chi connectivity index (χ1v) is 9.94. The SMILES string of the molecule is CC1CC(C)CN(CCCNC(=O)c2nnn(-c3cccc(F)c3)c2C(F)(F)F)C1. The number of hydrogen-bond acceptors (Lipinski definition) is 4. The molecule has 0 spiro atoms. The van der Waals surface area contributed by atoms with Gasteiger partial charge in [0, 0.05) is 19.6 Å². The molecule has 10 heteroatoms. The summed E-state index contributed by atoms with van der Waals surface area (Å²) in [6, 6.07) is 4.52. The van der Waals surface area contributed by atoms with Gasteiger partial charge >= 0.3 is 6.18 Å². The minimum Gasteiger partial charge on any atom is -0.351 e. The molecule has 2 aromatic rings. The lowest BCUT2D eigenvalue weighted by Gasteiger charge is -2.34. The molecule has 3 rings (SSSR count). The van der Waals surface area contributed by atoms with Gasteiger partial charge in [-0.15, -0.1) is 5.10 Å². The largest absolute Gasteiger partial charge is 0.435 e. The third kappa shape index (κ3) is 5.35. The fraction of sp³-hybridized carbons (Fsp3) is 0.550. The van der Waals surface area contributed by atoms with Gasteiger partial charge in [-0.1, -0.05) is 25.1 Å². The molecule has 1 amide bonds. The fourth-order valence-corrected chi connectivity index (χ4v) is 4.04. The van der Waals surface area contributed by atoms with Gasteiger partial charge in [0.05, 0.1) is 5.69 Å². The third-order valence-corrected chi connectivity index (χ3v) is 5.09. The topological polar surface area (TPSA) is 63.1 Å². The molecule has 1 aromatic carbocycles. The van der Waals surface area contributed by atoms with E-state index in [2.05, 4.69) is 34.4 Å². The molecule has 0 radical (unpaired) electrons. The van der Waals surface area contributed by atoms with Crippen molar-refractivity contribution in [1.29, 1.82) is 0 Å². The van der Waals surface area contributed by atoms with Crippen LogP contribution in [-0.4, -0.2) is 52.0 Å². The summed E-state index contributed by atoms with van der Waals surface area (Å²) in [6.45, 7) is 7.35. The van der Waals surface area contributed by atoms with Gasteiger partial charge in [0.25, 0.3) is 5.91 Å². The molecule has 2 atom stereocenters. The van der Waals surface area contributed by atoms with Crippen LogP contribution < -0.4 is 5.32 Å². The molecule has 0 bridgehead atoms. The lowest BCUT2D eigenvalue weighted by molar-refractivity contribution is -0.143. The Morgan fingerprint density at radius 2 is 1.93 bits per heavy atom. The van der Waals surface area contributed by atoms with E-state index in [4.69, 9.17) is 0 Å². The fourth-order valence-electron chi connectivity index (χ4n) is 4.04. The number of nitrogens with zero attached hydrogens (tertiary/aromatic N) is 4. The van der Waals surface area contributed by atoms with E-state index in [1.165, 1.54) is 18.6 Å². The Morgan fingerprint density at radius 3 is 2.57 bits per heavy atom. The number of carbonyl (C=O) groups is 1. The molecule has 6 nitrogen and oxygen atoms in total.